The van der Waals surface area contributed by atoms with Gasteiger partial charge in [0.05, 0.1) is 37.1 Å². The second kappa shape index (κ2) is 15.0. The number of methoxy groups -OCH3 is 1. The van der Waals surface area contributed by atoms with Crippen molar-refractivity contribution in [2.24, 2.45) is 5.16 Å². The van der Waals surface area contributed by atoms with E-state index in [-0.39, 0.29) is 48.9 Å². The van der Waals surface area contributed by atoms with E-state index in [2.05, 4.69) is 27.7 Å². The number of Topliss-reactive ketones (excluding diaryl/α,β-unsaturated/α-hetero) is 1. The molecule has 0 aromatic heterocycles. The van der Waals surface area contributed by atoms with Gasteiger partial charge < -0.3 is 39.9 Å². The maximum absolute atomic E-state index is 14.6. The highest BCUT2D eigenvalue weighted by Crippen LogP contribution is 2.40. The van der Waals surface area contributed by atoms with Gasteiger partial charge in [-0.05, 0) is 57.9 Å². The fourth-order valence-corrected chi connectivity index (χ4v) is 6.51. The van der Waals surface area contributed by atoms with Crippen LogP contribution in [0.15, 0.2) is 35.8 Å². The van der Waals surface area contributed by atoms with Crippen LogP contribution in [-0.4, -0.2) is 102 Å². The van der Waals surface area contributed by atoms with Crippen LogP contribution in [0, 0.1) is 5.82 Å². The number of rotatable bonds is 15. The van der Waals surface area contributed by atoms with Gasteiger partial charge in [0.1, 0.15) is 24.0 Å². The molecule has 1 saturated carbocycles. The zero-order valence-electron chi connectivity index (χ0n) is 28.3. The van der Waals surface area contributed by atoms with Crippen LogP contribution in [0.25, 0.3) is 0 Å². The lowest BCUT2D eigenvalue weighted by atomic mass is 9.91. The largest absolute Gasteiger partial charge is 0.474 e. The predicted molar refractivity (Wildman–Crippen MR) is 177 cm³/mol. The molecule has 1 aliphatic carbocycles. The number of ketones is 1. The van der Waals surface area contributed by atoms with Gasteiger partial charge in [0.15, 0.2) is 11.5 Å². The van der Waals surface area contributed by atoms with Crippen molar-refractivity contribution in [2.75, 3.05) is 26.9 Å². The summed E-state index contributed by atoms with van der Waals surface area (Å²) in [7, 11) is 1.46. The van der Waals surface area contributed by atoms with Crippen LogP contribution >= 0.6 is 11.6 Å². The van der Waals surface area contributed by atoms with E-state index in [1.165, 1.54) is 24.1 Å². The molecule has 268 valence electrons. The number of oxime groups is 1. The molecule has 4 aliphatic rings. The van der Waals surface area contributed by atoms with Gasteiger partial charge in [-0.15, -0.1) is 0 Å². The van der Waals surface area contributed by atoms with Gasteiger partial charge in [-0.3, -0.25) is 19.2 Å². The quantitative estimate of drug-likeness (QED) is 0.185. The van der Waals surface area contributed by atoms with Crippen molar-refractivity contribution >= 4 is 40.8 Å². The molecule has 3 fully saturated rings. The molecule has 1 spiro atoms. The summed E-state index contributed by atoms with van der Waals surface area (Å²) in [6, 6.07) is 0.669. The number of benzene rings is 1. The zero-order valence-corrected chi connectivity index (χ0v) is 29.1. The number of hydrogen-bond donors (Lipinski definition) is 3. The highest BCUT2D eigenvalue weighted by molar-refractivity contribution is 6.38. The molecule has 3 aliphatic heterocycles. The number of ether oxygens (including phenoxy) is 3. The minimum Gasteiger partial charge on any atom is -0.474 e. The average Bonchev–Trinajstić information content (AvgIpc) is 3.39. The van der Waals surface area contributed by atoms with Crippen molar-refractivity contribution in [1.82, 2.24) is 20.9 Å². The predicted octanol–water partition coefficient (Wildman–Crippen LogP) is 2.74. The highest BCUT2D eigenvalue weighted by Gasteiger charge is 2.56. The van der Waals surface area contributed by atoms with Crippen LogP contribution in [0.2, 0.25) is 5.02 Å². The Morgan fingerprint density at radius 2 is 1.96 bits per heavy atom. The summed E-state index contributed by atoms with van der Waals surface area (Å²) in [4.78, 5) is 61.9. The summed E-state index contributed by atoms with van der Waals surface area (Å²) in [6.07, 6.45) is 2.91. The van der Waals surface area contributed by atoms with E-state index in [0.29, 0.717) is 37.3 Å². The van der Waals surface area contributed by atoms with Gasteiger partial charge in [0, 0.05) is 43.0 Å². The molecule has 15 heteroatoms. The van der Waals surface area contributed by atoms with Crippen LogP contribution < -0.4 is 16.0 Å². The molecule has 2 saturated heterocycles. The molecule has 13 nitrogen and oxygen atoms in total. The summed E-state index contributed by atoms with van der Waals surface area (Å²) in [6.45, 7) is 10.1. The molecule has 1 aromatic carbocycles. The van der Waals surface area contributed by atoms with Crippen LogP contribution in [-0.2, 0) is 38.2 Å². The van der Waals surface area contributed by atoms with Crippen molar-refractivity contribution in [3.8, 4) is 0 Å². The average molecular weight is 706 g/mol. The van der Waals surface area contributed by atoms with Crippen LogP contribution in [0.1, 0.15) is 71.3 Å². The SMILES string of the molecule is C=C(N[C@H](C(=O)N1C[C@@]2(CC(c3cc(F)cc(Cl)c3)=NO2)C[C@H]1C(=O)N[C@@H](CCC)C(=O)C(=O)NC1CC1)C(C)(C)OC)O[C@H]1CCOC1. The molecule has 0 radical (unpaired) electrons. The third-order valence-corrected chi connectivity index (χ3v) is 9.56. The Kier molecular flexibility index (Phi) is 11.2. The topological polar surface area (TPSA) is 157 Å². The first-order chi connectivity index (χ1) is 23.2. The minimum atomic E-state index is -1.16. The van der Waals surface area contributed by atoms with Gasteiger partial charge in [0.2, 0.25) is 17.6 Å². The van der Waals surface area contributed by atoms with E-state index in [9.17, 15) is 23.6 Å². The van der Waals surface area contributed by atoms with E-state index >= 15 is 0 Å². The number of nitrogens with zero attached hydrogens (tertiary/aromatic N) is 2. The molecule has 3 N–H and O–H groups in total. The second-order valence-corrected chi connectivity index (χ2v) is 14.1. The minimum absolute atomic E-state index is 0.00107. The molecule has 5 rings (SSSR count). The number of hydrogen-bond acceptors (Lipinski definition) is 10. The summed E-state index contributed by atoms with van der Waals surface area (Å²) in [5.41, 5.74) is -1.47. The molecule has 5 atom stereocenters. The maximum Gasteiger partial charge on any atom is 0.289 e. The van der Waals surface area contributed by atoms with Gasteiger partial charge in [-0.1, -0.05) is 30.1 Å². The van der Waals surface area contributed by atoms with Crippen molar-refractivity contribution in [3.63, 3.8) is 0 Å². The Bertz CT molecular complexity index is 1480. The second-order valence-electron chi connectivity index (χ2n) is 13.7. The maximum atomic E-state index is 14.6. The Labute approximate surface area is 290 Å². The molecule has 1 aromatic rings. The summed E-state index contributed by atoms with van der Waals surface area (Å²) >= 11 is 6.11. The van der Waals surface area contributed by atoms with Gasteiger partial charge in [-0.2, -0.15) is 0 Å². The number of carbonyl (C=O) groups is 4. The molecule has 3 heterocycles. The highest BCUT2D eigenvalue weighted by atomic mass is 35.5. The zero-order chi connectivity index (χ0) is 35.5. The molecular formula is C34H45ClFN5O8. The third-order valence-electron chi connectivity index (χ3n) is 9.34. The summed E-state index contributed by atoms with van der Waals surface area (Å²) in [5, 5.41) is 12.9. The fraction of sp³-hybridized carbons (Fsp3) is 0.618. The lowest BCUT2D eigenvalue weighted by Gasteiger charge is -2.37. The Hall–Kier alpha value is -3.75. The normalized spacial score (nSPS) is 24.5. The van der Waals surface area contributed by atoms with Crippen molar-refractivity contribution in [1.29, 1.82) is 0 Å². The monoisotopic (exact) mass is 705 g/mol. The van der Waals surface area contributed by atoms with E-state index in [4.69, 9.17) is 30.6 Å². The Balaban J connectivity index is 1.41. The number of nitrogens with one attached hydrogen (secondary N) is 3. The molecule has 3 amide bonds. The van der Waals surface area contributed by atoms with E-state index in [1.54, 1.807) is 19.9 Å². The lowest BCUT2D eigenvalue weighted by molar-refractivity contribution is -0.147. The number of carbonyl (C=O) groups excluding carboxylic acids is 4. The Morgan fingerprint density at radius 3 is 2.59 bits per heavy atom. The van der Waals surface area contributed by atoms with Crippen molar-refractivity contribution in [2.45, 2.75) is 107 Å². The number of amides is 3. The first-order valence-electron chi connectivity index (χ1n) is 16.7. The van der Waals surface area contributed by atoms with Gasteiger partial charge >= 0.3 is 0 Å². The fourth-order valence-electron chi connectivity index (χ4n) is 6.29. The Morgan fingerprint density at radius 1 is 1.20 bits per heavy atom. The smallest absolute Gasteiger partial charge is 0.289 e. The van der Waals surface area contributed by atoms with Crippen LogP contribution in [0.4, 0.5) is 4.39 Å². The third kappa shape index (κ3) is 8.71. The van der Waals surface area contributed by atoms with E-state index in [1.807, 2.05) is 6.92 Å². The number of halogens is 2. The first-order valence-corrected chi connectivity index (χ1v) is 17.0. The van der Waals surface area contributed by atoms with Crippen LogP contribution in [0.3, 0.4) is 0 Å². The molecule has 49 heavy (non-hydrogen) atoms. The molecule has 0 unspecified atom stereocenters. The van der Waals surface area contributed by atoms with Crippen molar-refractivity contribution in [3.05, 3.63) is 47.1 Å². The van der Waals surface area contributed by atoms with E-state index in [0.717, 1.165) is 12.8 Å². The molecular weight excluding hydrogens is 661 g/mol. The summed E-state index contributed by atoms with van der Waals surface area (Å²) in [5.74, 6) is -3.06. The molecule has 0 bridgehead atoms. The van der Waals surface area contributed by atoms with Crippen molar-refractivity contribution < 1.29 is 42.6 Å². The van der Waals surface area contributed by atoms with E-state index < -0.39 is 58.6 Å². The first kappa shape index (κ1) is 36.5. The standard InChI is InChI=1S/C34H45ClFN5O8/c1-6-7-25(28(42)31(44)38-23-8-9-23)39-30(43)27-16-34(15-26(40-49-34)20-12-21(35)14-22(36)13-20)18-41(27)32(45)29(33(3,4)46-5)37-19(2)48-24-10-11-47-17-24/h12-14,23-25,27,29,37H,2,6-11,15-18H2,1,3-5H3,(H,38,44)(H,39,43)/t24-,25-,27-,29+,34+/m0/s1. The van der Waals surface area contributed by atoms with Gasteiger partial charge in [-0.25, -0.2) is 4.39 Å². The summed E-state index contributed by atoms with van der Waals surface area (Å²) < 4.78 is 31.3. The number of likely N-dealkylation sites (tertiary alicyclic amines) is 1. The lowest BCUT2D eigenvalue weighted by Crippen LogP contribution is -2.61. The van der Waals surface area contributed by atoms with Gasteiger partial charge in [0.25, 0.3) is 5.91 Å². The van der Waals surface area contributed by atoms with Crippen LogP contribution in [0.5, 0.6) is 0 Å².